The van der Waals surface area contributed by atoms with Gasteiger partial charge in [0.15, 0.2) is 17.2 Å². The van der Waals surface area contributed by atoms with Crippen molar-refractivity contribution in [2.75, 3.05) is 13.2 Å². The zero-order valence-electron chi connectivity index (χ0n) is 15.4. The summed E-state index contributed by atoms with van der Waals surface area (Å²) in [5, 5.41) is 11.5. The van der Waals surface area contributed by atoms with Crippen LogP contribution in [0.4, 0.5) is 5.69 Å². The highest BCUT2D eigenvalue weighted by atomic mass is 16.6. The lowest BCUT2D eigenvalue weighted by molar-refractivity contribution is -0.385. The number of carbonyl (C=O) groups excluding carboxylic acids is 1. The van der Waals surface area contributed by atoms with Gasteiger partial charge in [-0.2, -0.15) is 0 Å². The summed E-state index contributed by atoms with van der Waals surface area (Å²) in [4.78, 5) is 27.3. The number of ether oxygens (including phenoxy) is 3. The first kappa shape index (κ1) is 19.1. The van der Waals surface area contributed by atoms with Crippen LogP contribution in [0.2, 0.25) is 0 Å². The predicted molar refractivity (Wildman–Crippen MR) is 102 cm³/mol. The van der Waals surface area contributed by atoms with E-state index in [4.69, 9.17) is 14.2 Å². The fourth-order valence-corrected chi connectivity index (χ4v) is 2.64. The molecule has 0 N–H and O–H groups in total. The summed E-state index contributed by atoms with van der Waals surface area (Å²) in [5.74, 6) is 0.0802. The number of hydrogen-bond donors (Lipinski definition) is 0. The van der Waals surface area contributed by atoms with E-state index in [9.17, 15) is 14.9 Å². The predicted octanol–water partition coefficient (Wildman–Crippen LogP) is 3.74. The highest BCUT2D eigenvalue weighted by Crippen LogP contribution is 2.36. The minimum atomic E-state index is -0.681. The van der Waals surface area contributed by atoms with Gasteiger partial charge in [-0.25, -0.2) is 9.79 Å². The SMILES string of the molecule is CCOc1cc(/C=C2\N=C(c3ccccc3)OC2=O)c([N+](=O)[O-])cc1OCC. The van der Waals surface area contributed by atoms with Crippen LogP contribution in [0.1, 0.15) is 25.0 Å². The van der Waals surface area contributed by atoms with Crippen molar-refractivity contribution in [2.24, 2.45) is 4.99 Å². The average Bonchev–Trinajstić information content (AvgIpc) is 3.05. The summed E-state index contributed by atoms with van der Waals surface area (Å²) in [6.07, 6.45) is 1.31. The molecular formula is C20H18N2O6. The summed E-state index contributed by atoms with van der Waals surface area (Å²) >= 11 is 0. The Bertz CT molecular complexity index is 966. The quantitative estimate of drug-likeness (QED) is 0.313. The molecule has 0 unspecified atom stereocenters. The molecule has 8 heteroatoms. The Labute approximate surface area is 161 Å². The molecule has 0 fully saturated rings. The normalized spacial score (nSPS) is 14.6. The van der Waals surface area contributed by atoms with E-state index in [2.05, 4.69) is 4.99 Å². The highest BCUT2D eigenvalue weighted by Gasteiger charge is 2.26. The minimum absolute atomic E-state index is 0.0337. The van der Waals surface area contributed by atoms with Crippen LogP contribution in [0.3, 0.4) is 0 Å². The smallest absolute Gasteiger partial charge is 0.363 e. The Balaban J connectivity index is 2.06. The van der Waals surface area contributed by atoms with Crippen LogP contribution in [-0.2, 0) is 9.53 Å². The van der Waals surface area contributed by atoms with E-state index in [-0.39, 0.29) is 28.6 Å². The maximum absolute atomic E-state index is 12.2. The van der Waals surface area contributed by atoms with Gasteiger partial charge >= 0.3 is 5.97 Å². The molecule has 1 aliphatic heterocycles. The maximum atomic E-state index is 12.2. The molecule has 2 aromatic rings. The minimum Gasteiger partial charge on any atom is -0.490 e. The van der Waals surface area contributed by atoms with Gasteiger partial charge in [-0.3, -0.25) is 10.1 Å². The van der Waals surface area contributed by atoms with Gasteiger partial charge in [0.2, 0.25) is 5.90 Å². The first-order valence-electron chi connectivity index (χ1n) is 8.69. The fraction of sp³-hybridized carbons (Fsp3) is 0.200. The van der Waals surface area contributed by atoms with Crippen molar-refractivity contribution in [1.29, 1.82) is 0 Å². The Morgan fingerprint density at radius 1 is 1.11 bits per heavy atom. The van der Waals surface area contributed by atoms with Crippen molar-refractivity contribution >= 4 is 23.6 Å². The van der Waals surface area contributed by atoms with Gasteiger partial charge in [-0.15, -0.1) is 0 Å². The van der Waals surface area contributed by atoms with Crippen LogP contribution < -0.4 is 9.47 Å². The first-order valence-corrected chi connectivity index (χ1v) is 8.69. The van der Waals surface area contributed by atoms with E-state index in [1.807, 2.05) is 6.07 Å². The molecule has 144 valence electrons. The van der Waals surface area contributed by atoms with E-state index < -0.39 is 10.9 Å². The third-order valence-electron chi connectivity index (χ3n) is 3.82. The van der Waals surface area contributed by atoms with E-state index in [1.54, 1.807) is 38.1 Å². The van der Waals surface area contributed by atoms with Crippen molar-refractivity contribution in [2.45, 2.75) is 13.8 Å². The van der Waals surface area contributed by atoms with Gasteiger partial charge in [0.05, 0.1) is 29.8 Å². The van der Waals surface area contributed by atoms with Gasteiger partial charge in [0.25, 0.3) is 5.69 Å². The number of nitro groups is 1. The molecular weight excluding hydrogens is 364 g/mol. The molecule has 0 spiro atoms. The Kier molecular flexibility index (Phi) is 5.69. The topological polar surface area (TPSA) is 100 Å². The Hall–Kier alpha value is -3.68. The molecule has 0 amide bonds. The zero-order chi connectivity index (χ0) is 20.1. The molecule has 2 aromatic carbocycles. The van der Waals surface area contributed by atoms with Gasteiger partial charge in [0, 0.05) is 5.56 Å². The van der Waals surface area contributed by atoms with Crippen LogP contribution in [0, 0.1) is 10.1 Å². The number of esters is 1. The van der Waals surface area contributed by atoms with E-state index in [1.165, 1.54) is 18.2 Å². The van der Waals surface area contributed by atoms with Crippen molar-refractivity contribution in [1.82, 2.24) is 0 Å². The molecule has 0 aromatic heterocycles. The number of benzene rings is 2. The standard InChI is InChI=1S/C20H18N2O6/c1-3-26-17-11-14(16(22(24)25)12-18(17)27-4-2)10-15-20(23)28-19(21-15)13-8-6-5-7-9-13/h5-12H,3-4H2,1-2H3/b15-10-. The van der Waals surface area contributed by atoms with Crippen molar-refractivity contribution in [3.05, 3.63) is 69.4 Å². The average molecular weight is 382 g/mol. The molecule has 1 aliphatic rings. The molecule has 3 rings (SSSR count). The lowest BCUT2D eigenvalue weighted by atomic mass is 10.1. The molecule has 28 heavy (non-hydrogen) atoms. The third-order valence-corrected chi connectivity index (χ3v) is 3.82. The molecule has 0 aliphatic carbocycles. The fourth-order valence-electron chi connectivity index (χ4n) is 2.64. The molecule has 8 nitrogen and oxygen atoms in total. The summed E-state index contributed by atoms with van der Waals surface area (Å²) in [5.41, 5.74) is 0.543. The summed E-state index contributed by atoms with van der Waals surface area (Å²) in [6.45, 7) is 4.24. The molecule has 1 heterocycles. The summed E-state index contributed by atoms with van der Waals surface area (Å²) in [7, 11) is 0. The number of rotatable bonds is 7. The highest BCUT2D eigenvalue weighted by molar-refractivity contribution is 6.13. The van der Waals surface area contributed by atoms with Crippen LogP contribution in [0.5, 0.6) is 11.5 Å². The van der Waals surface area contributed by atoms with Crippen molar-refractivity contribution < 1.29 is 23.9 Å². The van der Waals surface area contributed by atoms with Gasteiger partial charge in [0.1, 0.15) is 0 Å². The Morgan fingerprint density at radius 2 is 1.75 bits per heavy atom. The number of hydrogen-bond acceptors (Lipinski definition) is 7. The zero-order valence-corrected chi connectivity index (χ0v) is 15.4. The second kappa shape index (κ2) is 8.34. The second-order valence-electron chi connectivity index (χ2n) is 5.68. The van der Waals surface area contributed by atoms with Crippen LogP contribution >= 0.6 is 0 Å². The second-order valence-corrected chi connectivity index (χ2v) is 5.68. The third kappa shape index (κ3) is 4.01. The molecule has 0 saturated carbocycles. The number of aliphatic imine (C=N–C) groups is 1. The number of nitro benzene ring substituents is 1. The molecule has 0 atom stereocenters. The summed E-state index contributed by atoms with van der Waals surface area (Å²) < 4.78 is 16.1. The largest absolute Gasteiger partial charge is 0.490 e. The molecule has 0 radical (unpaired) electrons. The summed E-state index contributed by atoms with van der Waals surface area (Å²) in [6, 6.07) is 11.7. The van der Waals surface area contributed by atoms with Crippen molar-refractivity contribution in [3.63, 3.8) is 0 Å². The van der Waals surface area contributed by atoms with E-state index in [0.717, 1.165) is 0 Å². The number of carbonyl (C=O) groups is 1. The lowest BCUT2D eigenvalue weighted by Crippen LogP contribution is -2.05. The number of cyclic esters (lactones) is 1. The number of nitrogens with zero attached hydrogens (tertiary/aromatic N) is 2. The van der Waals surface area contributed by atoms with Gasteiger partial charge in [-0.1, -0.05) is 18.2 Å². The molecule has 0 bridgehead atoms. The monoisotopic (exact) mass is 382 g/mol. The molecule has 0 saturated heterocycles. The van der Waals surface area contributed by atoms with E-state index >= 15 is 0 Å². The van der Waals surface area contributed by atoms with Gasteiger partial charge in [-0.05, 0) is 38.1 Å². The first-order chi connectivity index (χ1) is 13.5. The van der Waals surface area contributed by atoms with Crippen LogP contribution in [0.15, 0.2) is 53.2 Å². The van der Waals surface area contributed by atoms with Crippen LogP contribution in [0.25, 0.3) is 6.08 Å². The van der Waals surface area contributed by atoms with Crippen LogP contribution in [-0.4, -0.2) is 30.0 Å². The maximum Gasteiger partial charge on any atom is 0.363 e. The Morgan fingerprint density at radius 3 is 2.36 bits per heavy atom. The lowest BCUT2D eigenvalue weighted by Gasteiger charge is -2.11. The van der Waals surface area contributed by atoms with Gasteiger partial charge < -0.3 is 14.2 Å². The van der Waals surface area contributed by atoms with Crippen molar-refractivity contribution in [3.8, 4) is 11.5 Å². The van der Waals surface area contributed by atoms with E-state index in [0.29, 0.717) is 24.5 Å².